The maximum Gasteiger partial charge on any atom is 0.242 e. The lowest BCUT2D eigenvalue weighted by Gasteiger charge is -2.25. The molecular weight excluding hydrogens is 493 g/mol. The van der Waals surface area contributed by atoms with Crippen LogP contribution in [0.4, 0.5) is 0 Å². The van der Waals surface area contributed by atoms with Crippen molar-refractivity contribution in [3.8, 4) is 0 Å². The number of thioether (sulfide) groups is 1. The third kappa shape index (κ3) is 5.84. The van der Waals surface area contributed by atoms with Crippen LogP contribution in [0.5, 0.6) is 0 Å². The van der Waals surface area contributed by atoms with E-state index in [1.54, 1.807) is 23.7 Å². The highest BCUT2D eigenvalue weighted by Gasteiger charge is 2.42. The van der Waals surface area contributed by atoms with E-state index in [9.17, 15) is 19.2 Å². The monoisotopic (exact) mass is 523 g/mol. The zero-order valence-electron chi connectivity index (χ0n) is 16.8. The Kier molecular flexibility index (Phi) is 8.60. The first kappa shape index (κ1) is 23.4. The van der Waals surface area contributed by atoms with Gasteiger partial charge in [-0.15, -0.1) is 11.8 Å². The van der Waals surface area contributed by atoms with Gasteiger partial charge in [-0.25, -0.2) is 0 Å². The fourth-order valence-corrected chi connectivity index (χ4v) is 6.29. The van der Waals surface area contributed by atoms with Crippen molar-refractivity contribution in [1.29, 1.82) is 0 Å². The van der Waals surface area contributed by atoms with E-state index in [4.69, 9.17) is 0 Å². The van der Waals surface area contributed by atoms with Gasteiger partial charge in [-0.1, -0.05) is 42.4 Å². The summed E-state index contributed by atoms with van der Waals surface area (Å²) in [6.07, 6.45) is 4.88. The van der Waals surface area contributed by atoms with Crippen molar-refractivity contribution < 1.29 is 19.2 Å². The summed E-state index contributed by atoms with van der Waals surface area (Å²) in [7, 11) is 1.56. The molecule has 2 aliphatic heterocycles. The highest BCUT2D eigenvalue weighted by Crippen LogP contribution is 2.43. The van der Waals surface area contributed by atoms with Crippen LogP contribution in [0.3, 0.4) is 0 Å². The number of carbonyl (C=O) groups is 4. The number of likely N-dealkylation sites (tertiary alicyclic amines) is 2. The van der Waals surface area contributed by atoms with E-state index >= 15 is 0 Å². The number of imide groups is 1. The lowest BCUT2D eigenvalue weighted by Crippen LogP contribution is -2.46. The zero-order chi connectivity index (χ0) is 20.9. The minimum absolute atomic E-state index is 0.0691. The van der Waals surface area contributed by atoms with Gasteiger partial charge in [0.2, 0.25) is 23.6 Å². The molecule has 158 valence electrons. The summed E-state index contributed by atoms with van der Waals surface area (Å²) in [4.78, 5) is 52.3. The Morgan fingerprint density at radius 3 is 2.71 bits per heavy atom. The van der Waals surface area contributed by atoms with Gasteiger partial charge in [-0.3, -0.25) is 24.1 Å². The molecule has 9 heteroatoms. The van der Waals surface area contributed by atoms with Gasteiger partial charge in [-0.2, -0.15) is 0 Å². The molecule has 4 amide bonds. The van der Waals surface area contributed by atoms with E-state index in [0.29, 0.717) is 13.0 Å². The van der Waals surface area contributed by atoms with E-state index in [1.807, 2.05) is 0 Å². The molecule has 2 heterocycles. The van der Waals surface area contributed by atoms with E-state index in [2.05, 4.69) is 41.8 Å². The Labute approximate surface area is 184 Å². The third-order valence-electron chi connectivity index (χ3n) is 5.24. The van der Waals surface area contributed by atoms with Crippen LogP contribution in [-0.2, 0) is 19.2 Å². The molecule has 1 N–H and O–H groups in total. The highest BCUT2D eigenvalue weighted by atomic mass is 127. The van der Waals surface area contributed by atoms with Gasteiger partial charge in [0.15, 0.2) is 0 Å². The third-order valence-corrected chi connectivity index (χ3v) is 7.89. The van der Waals surface area contributed by atoms with Crippen molar-refractivity contribution in [1.82, 2.24) is 15.1 Å². The molecule has 0 spiro atoms. The molecule has 0 radical (unpaired) electrons. The second kappa shape index (κ2) is 10.3. The number of carbonyl (C=O) groups excluding carboxylic acids is 4. The molecule has 7 nitrogen and oxygen atoms in total. The normalized spacial score (nSPS) is 24.6. The zero-order valence-corrected chi connectivity index (χ0v) is 19.8. The van der Waals surface area contributed by atoms with Crippen molar-refractivity contribution in [2.75, 3.05) is 20.1 Å². The number of likely N-dealkylation sites (N-methyl/N-ethyl adjacent to an activating group) is 1. The van der Waals surface area contributed by atoms with Crippen LogP contribution in [0.2, 0.25) is 0 Å². The topological polar surface area (TPSA) is 86.8 Å². The van der Waals surface area contributed by atoms with Crippen molar-refractivity contribution in [3.63, 3.8) is 0 Å². The number of halogens is 1. The molecule has 0 saturated carbocycles. The van der Waals surface area contributed by atoms with E-state index in [-0.39, 0.29) is 51.0 Å². The lowest BCUT2D eigenvalue weighted by atomic mass is 10.2. The molecule has 0 aromatic carbocycles. The number of rotatable bonds is 9. The van der Waals surface area contributed by atoms with Crippen LogP contribution in [-0.4, -0.2) is 67.6 Å². The number of alkyl halides is 1. The fourth-order valence-electron chi connectivity index (χ4n) is 3.68. The molecular formula is C19H30IN3O4S. The van der Waals surface area contributed by atoms with Crippen LogP contribution in [0.25, 0.3) is 0 Å². The Balaban J connectivity index is 1.90. The molecule has 2 fully saturated rings. The van der Waals surface area contributed by atoms with Gasteiger partial charge in [0.25, 0.3) is 0 Å². The Bertz CT molecular complexity index is 628. The molecule has 2 aliphatic rings. The van der Waals surface area contributed by atoms with E-state index in [1.165, 1.54) is 4.90 Å². The average molecular weight is 523 g/mol. The van der Waals surface area contributed by atoms with Gasteiger partial charge in [0.05, 0.1) is 8.00 Å². The molecule has 0 bridgehead atoms. The van der Waals surface area contributed by atoms with Crippen molar-refractivity contribution >= 4 is 58.0 Å². The summed E-state index contributed by atoms with van der Waals surface area (Å²) in [5, 5.41) is 2.22. The Morgan fingerprint density at radius 2 is 2.07 bits per heavy atom. The highest BCUT2D eigenvalue weighted by molar-refractivity contribution is 14.1. The smallest absolute Gasteiger partial charge is 0.242 e. The van der Waals surface area contributed by atoms with E-state index < -0.39 is 6.04 Å². The van der Waals surface area contributed by atoms with Gasteiger partial charge < -0.3 is 10.2 Å². The maximum absolute atomic E-state index is 12.7. The first-order valence-corrected chi connectivity index (χ1v) is 11.9. The van der Waals surface area contributed by atoms with Crippen LogP contribution < -0.4 is 5.32 Å². The predicted octanol–water partition coefficient (Wildman–Crippen LogP) is 2.32. The second-order valence-corrected chi connectivity index (χ2v) is 12.3. The summed E-state index contributed by atoms with van der Waals surface area (Å²) in [5.74, 6) is -0.734. The first-order valence-electron chi connectivity index (χ1n) is 9.92. The number of nitrogens with one attached hydrogen (secondary N) is 1. The van der Waals surface area contributed by atoms with Crippen molar-refractivity contribution in [2.24, 2.45) is 0 Å². The summed E-state index contributed by atoms with van der Waals surface area (Å²) in [6, 6.07) is -0.441. The molecule has 3 atom stereocenters. The Morgan fingerprint density at radius 1 is 1.36 bits per heavy atom. The minimum atomic E-state index is -0.441. The van der Waals surface area contributed by atoms with Gasteiger partial charge in [0.1, 0.15) is 6.04 Å². The molecule has 0 aromatic rings. The van der Waals surface area contributed by atoms with Crippen LogP contribution in [0, 0.1) is 0 Å². The predicted molar refractivity (Wildman–Crippen MR) is 118 cm³/mol. The number of hydrogen-bond acceptors (Lipinski definition) is 5. The summed E-state index contributed by atoms with van der Waals surface area (Å²) in [6.45, 7) is 4.87. The molecule has 2 saturated heterocycles. The van der Waals surface area contributed by atoms with E-state index in [0.717, 1.165) is 25.7 Å². The van der Waals surface area contributed by atoms with Gasteiger partial charge >= 0.3 is 0 Å². The maximum atomic E-state index is 12.7. The average Bonchev–Trinajstić information content (AvgIpc) is 3.23. The largest absolute Gasteiger partial charge is 0.357 e. The van der Waals surface area contributed by atoms with Gasteiger partial charge in [0, 0.05) is 33.0 Å². The summed E-state index contributed by atoms with van der Waals surface area (Å²) in [5.41, 5.74) is 0. The van der Waals surface area contributed by atoms with Crippen LogP contribution in [0.15, 0.2) is 0 Å². The number of nitrogens with zero attached hydrogens (tertiary/aromatic N) is 2. The second-order valence-electron chi connectivity index (χ2n) is 7.51. The standard InChI is InChI=1S/C19H30IN3O4S/c1-4-5-9-19(2,20)28-14-12-16(25)23(18(14)27)11-8-15(24)22-10-6-7-13(22)17(26)21-3/h13-14H,4-12H2,1-3H3,(H,21,26)/t13-,14?,19?/m0/s1. The molecule has 2 unspecified atom stereocenters. The van der Waals surface area contributed by atoms with Crippen LogP contribution >= 0.6 is 34.4 Å². The number of amides is 4. The quantitative estimate of drug-likeness (QED) is 0.285. The lowest BCUT2D eigenvalue weighted by molar-refractivity contribution is -0.141. The molecule has 0 aliphatic carbocycles. The van der Waals surface area contributed by atoms with Crippen molar-refractivity contribution in [2.45, 2.75) is 72.8 Å². The van der Waals surface area contributed by atoms with Gasteiger partial charge in [-0.05, 0) is 26.2 Å². The first-order chi connectivity index (χ1) is 13.2. The van der Waals surface area contributed by atoms with Crippen LogP contribution in [0.1, 0.15) is 58.8 Å². The summed E-state index contributed by atoms with van der Waals surface area (Å²) >= 11 is 3.92. The number of hydrogen-bond donors (Lipinski definition) is 1. The minimum Gasteiger partial charge on any atom is -0.357 e. The fraction of sp³-hybridized carbons (Fsp3) is 0.789. The SMILES string of the molecule is CCCCC(C)(I)SC1CC(=O)N(CCC(=O)N2CCC[C@H]2C(=O)NC)C1=O. The molecule has 0 aromatic heterocycles. The Hall–Kier alpha value is -0.840. The molecule has 28 heavy (non-hydrogen) atoms. The molecule has 2 rings (SSSR count). The number of unbranched alkanes of at least 4 members (excludes halogenated alkanes) is 1. The summed E-state index contributed by atoms with van der Waals surface area (Å²) < 4.78 is -0.0868. The van der Waals surface area contributed by atoms with Crippen molar-refractivity contribution in [3.05, 3.63) is 0 Å².